The van der Waals surface area contributed by atoms with E-state index in [1.807, 2.05) is 67.6 Å². The number of benzene rings is 2. The van der Waals surface area contributed by atoms with Gasteiger partial charge in [0, 0.05) is 18.6 Å². The van der Waals surface area contributed by atoms with Crippen molar-refractivity contribution in [2.45, 2.75) is 19.8 Å². The summed E-state index contributed by atoms with van der Waals surface area (Å²) in [5.74, 6) is 0. The van der Waals surface area contributed by atoms with Crippen molar-refractivity contribution in [2.75, 3.05) is 0 Å². The quantitative estimate of drug-likeness (QED) is 0.247. The lowest BCUT2D eigenvalue weighted by Gasteiger charge is -2.07. The van der Waals surface area contributed by atoms with Crippen LogP contribution in [0.2, 0.25) is 0 Å². The summed E-state index contributed by atoms with van der Waals surface area (Å²) in [7, 11) is 0. The smallest absolute Gasteiger partial charge is 0.190 e. The summed E-state index contributed by atoms with van der Waals surface area (Å²) in [6, 6.07) is 17.8. The first-order chi connectivity index (χ1) is 10.7. The second kappa shape index (κ2) is 7.99. The van der Waals surface area contributed by atoms with E-state index < -0.39 is 0 Å². The molecule has 2 aromatic carbocycles. The monoisotopic (exact) mass is 291 g/mol. The fraction of sp³-hybridized carbons (Fsp3) is 0.150. The third-order valence-corrected chi connectivity index (χ3v) is 3.45. The predicted octanol–water partition coefficient (Wildman–Crippen LogP) is 4.80. The molecule has 0 fully saturated rings. The lowest BCUT2D eigenvalue weighted by atomic mass is 10.0. The van der Waals surface area contributed by atoms with Gasteiger partial charge in [-0.3, -0.25) is 0 Å². The van der Waals surface area contributed by atoms with Gasteiger partial charge >= 0.3 is 0 Å². The summed E-state index contributed by atoms with van der Waals surface area (Å²) in [6.45, 7) is 5.59. The second-order valence-electron chi connectivity index (χ2n) is 5.18. The molecule has 0 bridgehead atoms. The van der Waals surface area contributed by atoms with Gasteiger partial charge in [-0.25, -0.2) is 0 Å². The maximum absolute atomic E-state index is 12.2. The van der Waals surface area contributed by atoms with Crippen molar-refractivity contribution in [3.05, 3.63) is 94.8 Å². The van der Waals surface area contributed by atoms with Crippen LogP contribution < -0.4 is 0 Å². The van der Waals surface area contributed by atoms with E-state index in [-0.39, 0.29) is 0 Å². The van der Waals surface area contributed by atoms with Crippen LogP contribution in [0.25, 0.3) is 6.08 Å². The molecular weight excluding hydrogens is 270 g/mol. The van der Waals surface area contributed by atoms with Gasteiger partial charge in [-0.2, -0.15) is 4.74 Å². The Balaban J connectivity index is 2.25. The Bertz CT molecular complexity index is 684. The molecule has 2 rings (SSSR count). The van der Waals surface area contributed by atoms with Crippen LogP contribution in [0.4, 0.5) is 0 Å². The molecule has 0 aliphatic heterocycles. The van der Waals surface area contributed by atoms with E-state index in [0.29, 0.717) is 5.70 Å². The Morgan fingerprint density at radius 3 is 2.50 bits per heavy atom. The first-order valence-corrected chi connectivity index (χ1v) is 7.44. The molecule has 0 aliphatic rings. The minimum absolute atomic E-state index is 0.662. The minimum atomic E-state index is 0.662. The van der Waals surface area contributed by atoms with Crippen LogP contribution in [-0.4, -0.2) is 11.0 Å². The highest BCUT2D eigenvalue weighted by molar-refractivity contribution is 5.76. The van der Waals surface area contributed by atoms with Crippen molar-refractivity contribution in [3.8, 4) is 0 Å². The largest absolute Gasteiger partial charge is 0.618 e. The number of rotatable bonds is 6. The highest BCUT2D eigenvalue weighted by Crippen LogP contribution is 2.15. The molecule has 0 atom stereocenters. The second-order valence-corrected chi connectivity index (χ2v) is 5.18. The molecule has 0 amide bonds. The van der Waals surface area contributed by atoms with Crippen molar-refractivity contribution in [1.82, 2.24) is 0 Å². The van der Waals surface area contributed by atoms with Gasteiger partial charge in [0.2, 0.25) is 0 Å². The van der Waals surface area contributed by atoms with E-state index in [9.17, 15) is 5.21 Å². The summed E-state index contributed by atoms with van der Waals surface area (Å²) in [5.41, 5.74) is 3.87. The van der Waals surface area contributed by atoms with E-state index in [2.05, 4.69) is 12.6 Å². The molecule has 0 aromatic heterocycles. The fourth-order valence-corrected chi connectivity index (χ4v) is 2.23. The third-order valence-electron chi connectivity index (χ3n) is 3.45. The van der Waals surface area contributed by atoms with Crippen molar-refractivity contribution in [3.63, 3.8) is 0 Å². The van der Waals surface area contributed by atoms with Gasteiger partial charge in [0.25, 0.3) is 0 Å². The minimum Gasteiger partial charge on any atom is -0.618 e. The summed E-state index contributed by atoms with van der Waals surface area (Å²) in [5, 5.41) is 12.2. The maximum Gasteiger partial charge on any atom is 0.190 e. The van der Waals surface area contributed by atoms with Gasteiger partial charge < -0.3 is 5.21 Å². The molecular formula is C20H21NO. The van der Waals surface area contributed by atoms with Crippen LogP contribution in [0.1, 0.15) is 30.0 Å². The van der Waals surface area contributed by atoms with Gasteiger partial charge in [-0.1, -0.05) is 48.5 Å². The SMILES string of the molecule is C=CCCc1ccccc1/C=C(C)\[N+]([O-])=C\c1ccccc1. The van der Waals surface area contributed by atoms with Crippen molar-refractivity contribution >= 4 is 12.3 Å². The molecule has 0 N–H and O–H groups in total. The van der Waals surface area contributed by atoms with Gasteiger partial charge in [-0.05, 0) is 36.1 Å². The molecule has 0 aliphatic carbocycles. The van der Waals surface area contributed by atoms with Crippen LogP contribution >= 0.6 is 0 Å². The molecule has 0 unspecified atom stereocenters. The van der Waals surface area contributed by atoms with Gasteiger partial charge in [0.1, 0.15) is 0 Å². The molecule has 2 nitrogen and oxygen atoms in total. The van der Waals surface area contributed by atoms with Crippen molar-refractivity contribution in [1.29, 1.82) is 0 Å². The number of hydrogen-bond donors (Lipinski definition) is 0. The van der Waals surface area contributed by atoms with Crippen LogP contribution in [-0.2, 0) is 6.42 Å². The van der Waals surface area contributed by atoms with Gasteiger partial charge in [-0.15, -0.1) is 6.58 Å². The van der Waals surface area contributed by atoms with E-state index in [0.717, 1.165) is 28.7 Å². The summed E-state index contributed by atoms with van der Waals surface area (Å²) in [4.78, 5) is 0. The highest BCUT2D eigenvalue weighted by atomic mass is 16.5. The zero-order valence-corrected chi connectivity index (χ0v) is 12.9. The van der Waals surface area contributed by atoms with E-state index in [1.165, 1.54) is 5.56 Å². The zero-order chi connectivity index (χ0) is 15.8. The highest BCUT2D eigenvalue weighted by Gasteiger charge is 2.04. The molecule has 0 spiro atoms. The zero-order valence-electron chi connectivity index (χ0n) is 12.9. The topological polar surface area (TPSA) is 26.1 Å². The predicted molar refractivity (Wildman–Crippen MR) is 93.8 cm³/mol. The van der Waals surface area contributed by atoms with E-state index in [4.69, 9.17) is 0 Å². The van der Waals surface area contributed by atoms with Crippen LogP contribution in [0.5, 0.6) is 0 Å². The van der Waals surface area contributed by atoms with E-state index in [1.54, 1.807) is 6.21 Å². The molecule has 0 saturated heterocycles. The Morgan fingerprint density at radius 1 is 1.09 bits per heavy atom. The Labute approximate surface area is 132 Å². The number of nitrogens with zero attached hydrogens (tertiary/aromatic N) is 1. The average Bonchev–Trinajstić information content (AvgIpc) is 2.55. The van der Waals surface area contributed by atoms with Crippen LogP contribution in [0, 0.1) is 5.21 Å². The summed E-state index contributed by atoms with van der Waals surface area (Å²) >= 11 is 0. The molecule has 0 heterocycles. The molecule has 0 saturated carbocycles. The number of allylic oxidation sites excluding steroid dienone is 2. The summed E-state index contributed by atoms with van der Waals surface area (Å²) in [6.07, 6.45) is 7.31. The number of hydrogen-bond acceptors (Lipinski definition) is 1. The molecule has 112 valence electrons. The Kier molecular flexibility index (Phi) is 5.73. The lowest BCUT2D eigenvalue weighted by Crippen LogP contribution is -2.03. The Morgan fingerprint density at radius 2 is 1.77 bits per heavy atom. The van der Waals surface area contributed by atoms with E-state index >= 15 is 0 Å². The molecule has 2 heteroatoms. The standard InChI is InChI=1S/C20H21NO/c1-3-4-12-19-13-8-9-14-20(19)15-17(2)21(22)16-18-10-6-5-7-11-18/h3,5-11,13-16H,1,4,12H2,2H3/b17-15-,21-16-. The van der Waals surface area contributed by atoms with Crippen LogP contribution in [0.3, 0.4) is 0 Å². The third kappa shape index (κ3) is 4.45. The lowest BCUT2D eigenvalue weighted by molar-refractivity contribution is -0.393. The Hall–Kier alpha value is -2.61. The van der Waals surface area contributed by atoms with Gasteiger partial charge in [0.15, 0.2) is 11.9 Å². The molecule has 2 aromatic rings. The normalized spacial score (nSPS) is 12.2. The first-order valence-electron chi connectivity index (χ1n) is 7.44. The molecule has 0 radical (unpaired) electrons. The number of aryl methyl sites for hydroxylation is 1. The first kappa shape index (κ1) is 15.8. The van der Waals surface area contributed by atoms with Crippen molar-refractivity contribution in [2.24, 2.45) is 0 Å². The van der Waals surface area contributed by atoms with Crippen molar-refractivity contribution < 1.29 is 4.74 Å². The summed E-state index contributed by atoms with van der Waals surface area (Å²) < 4.78 is 0.916. The molecule has 22 heavy (non-hydrogen) atoms. The van der Waals surface area contributed by atoms with Gasteiger partial charge in [0.05, 0.1) is 0 Å². The average molecular weight is 291 g/mol. The maximum atomic E-state index is 12.2. The number of hydroxylamine groups is 1. The van der Waals surface area contributed by atoms with Crippen LogP contribution in [0.15, 0.2) is 72.9 Å². The fourth-order valence-electron chi connectivity index (χ4n) is 2.23.